The Balaban J connectivity index is 2.89. The van der Waals surface area contributed by atoms with Gasteiger partial charge in [0.25, 0.3) is 0 Å². The van der Waals surface area contributed by atoms with E-state index in [9.17, 15) is 0 Å². The number of hydrogen-bond acceptors (Lipinski definition) is 4. The average Bonchev–Trinajstić information content (AvgIpc) is 2.07. The lowest BCUT2D eigenvalue weighted by atomic mass is 10.2. The molecule has 4 nitrogen and oxygen atoms in total. The number of phenolic OH excluding ortho intramolecular Hbond substituents is 1. The van der Waals surface area contributed by atoms with Crippen molar-refractivity contribution in [3.63, 3.8) is 0 Å². The molecular formula is C8H10N2O2. The van der Waals surface area contributed by atoms with Crippen LogP contribution in [0, 0.1) is 0 Å². The zero-order chi connectivity index (χ0) is 8.97. The van der Waals surface area contributed by atoms with Gasteiger partial charge in [-0.05, 0) is 12.1 Å². The van der Waals surface area contributed by atoms with Gasteiger partial charge in [0.15, 0.2) is 6.40 Å². The van der Waals surface area contributed by atoms with Crippen LogP contribution in [0.15, 0.2) is 23.2 Å². The molecule has 4 heteroatoms. The van der Waals surface area contributed by atoms with Crippen LogP contribution in [0.25, 0.3) is 0 Å². The second kappa shape index (κ2) is 3.61. The number of aliphatic imine (C=N–C) groups is 1. The first-order chi connectivity index (χ1) is 5.74. The number of rotatable bonds is 2. The Hall–Kier alpha value is -1.71. The second-order valence-electron chi connectivity index (χ2n) is 2.21. The Labute approximate surface area is 70.3 Å². The first kappa shape index (κ1) is 8.39. The molecule has 0 atom stereocenters. The maximum atomic E-state index is 9.16. The van der Waals surface area contributed by atoms with Crippen LogP contribution in [0.1, 0.15) is 0 Å². The maximum Gasteiger partial charge on any atom is 0.174 e. The molecule has 64 valence electrons. The van der Waals surface area contributed by atoms with Crippen LogP contribution in [-0.2, 0) is 4.74 Å². The summed E-state index contributed by atoms with van der Waals surface area (Å²) < 4.78 is 4.61. The smallest absolute Gasteiger partial charge is 0.174 e. The van der Waals surface area contributed by atoms with Gasteiger partial charge >= 0.3 is 0 Å². The van der Waals surface area contributed by atoms with E-state index in [2.05, 4.69) is 9.73 Å². The number of hydrogen-bond donors (Lipinski definition) is 2. The van der Waals surface area contributed by atoms with Gasteiger partial charge in [-0.3, -0.25) is 0 Å². The average molecular weight is 166 g/mol. The maximum absolute atomic E-state index is 9.16. The summed E-state index contributed by atoms with van der Waals surface area (Å²) in [4.78, 5) is 3.86. The lowest BCUT2D eigenvalue weighted by Crippen LogP contribution is -1.83. The highest BCUT2D eigenvalue weighted by Crippen LogP contribution is 2.24. The quantitative estimate of drug-likeness (QED) is 0.301. The third-order valence-corrected chi connectivity index (χ3v) is 1.32. The molecule has 0 aromatic heterocycles. The molecule has 0 radical (unpaired) electrons. The predicted octanol–water partition coefficient (Wildman–Crippen LogP) is 1.28. The van der Waals surface area contributed by atoms with E-state index in [0.717, 1.165) is 0 Å². The number of ether oxygens (including phenoxy) is 1. The number of benzene rings is 1. The molecule has 0 aliphatic rings. The molecule has 1 aromatic carbocycles. The van der Waals surface area contributed by atoms with Gasteiger partial charge in [0.1, 0.15) is 5.75 Å². The van der Waals surface area contributed by atoms with Crippen molar-refractivity contribution in [1.29, 1.82) is 0 Å². The highest BCUT2D eigenvalue weighted by molar-refractivity contribution is 5.62. The van der Waals surface area contributed by atoms with Crippen molar-refractivity contribution < 1.29 is 9.84 Å². The molecule has 0 aliphatic heterocycles. The van der Waals surface area contributed by atoms with Crippen LogP contribution in [0.4, 0.5) is 11.4 Å². The number of nitrogens with zero attached hydrogens (tertiary/aromatic N) is 1. The first-order valence-corrected chi connectivity index (χ1v) is 3.38. The SMILES string of the molecule is COC=Nc1ccc(N)c(O)c1. The fourth-order valence-corrected chi connectivity index (χ4v) is 0.726. The number of phenols is 1. The minimum absolute atomic E-state index is 0.0285. The molecular weight excluding hydrogens is 156 g/mol. The molecule has 1 aromatic rings. The van der Waals surface area contributed by atoms with Gasteiger partial charge in [0, 0.05) is 6.07 Å². The molecule has 0 spiro atoms. The molecule has 0 saturated heterocycles. The monoisotopic (exact) mass is 166 g/mol. The summed E-state index contributed by atoms with van der Waals surface area (Å²) in [6.45, 7) is 0. The lowest BCUT2D eigenvalue weighted by molar-refractivity contribution is 0.423. The molecule has 0 unspecified atom stereocenters. The van der Waals surface area contributed by atoms with Gasteiger partial charge in [0.05, 0.1) is 18.5 Å². The van der Waals surface area contributed by atoms with E-state index in [-0.39, 0.29) is 5.75 Å². The van der Waals surface area contributed by atoms with E-state index in [1.807, 2.05) is 0 Å². The van der Waals surface area contributed by atoms with Gasteiger partial charge in [-0.25, -0.2) is 4.99 Å². The number of nitrogens with two attached hydrogens (primary N) is 1. The Morgan fingerprint density at radius 2 is 2.33 bits per heavy atom. The summed E-state index contributed by atoms with van der Waals surface area (Å²) in [6, 6.07) is 4.73. The van der Waals surface area contributed by atoms with E-state index in [1.54, 1.807) is 12.1 Å². The predicted molar refractivity (Wildman–Crippen MR) is 47.7 cm³/mol. The molecule has 0 aliphatic carbocycles. The van der Waals surface area contributed by atoms with Gasteiger partial charge in [-0.1, -0.05) is 0 Å². The third-order valence-electron chi connectivity index (χ3n) is 1.32. The van der Waals surface area contributed by atoms with E-state index in [0.29, 0.717) is 11.4 Å². The summed E-state index contributed by atoms with van der Waals surface area (Å²) in [5.41, 5.74) is 6.32. The minimum atomic E-state index is 0.0285. The molecule has 12 heavy (non-hydrogen) atoms. The van der Waals surface area contributed by atoms with Crippen molar-refractivity contribution in [1.82, 2.24) is 0 Å². The third kappa shape index (κ3) is 1.88. The molecule has 0 bridgehead atoms. The number of anilines is 1. The molecule has 1 rings (SSSR count). The summed E-state index contributed by atoms with van der Waals surface area (Å²) >= 11 is 0. The van der Waals surface area contributed by atoms with Gasteiger partial charge in [0.2, 0.25) is 0 Å². The first-order valence-electron chi connectivity index (χ1n) is 3.38. The van der Waals surface area contributed by atoms with Crippen LogP contribution in [-0.4, -0.2) is 18.6 Å². The van der Waals surface area contributed by atoms with Gasteiger partial charge < -0.3 is 15.6 Å². The molecule has 3 N–H and O–H groups in total. The minimum Gasteiger partial charge on any atom is -0.506 e. The van der Waals surface area contributed by atoms with E-state index in [4.69, 9.17) is 10.8 Å². The summed E-state index contributed by atoms with van der Waals surface area (Å²) in [5.74, 6) is 0.0285. The highest BCUT2D eigenvalue weighted by atomic mass is 16.5. The molecule has 0 amide bonds. The van der Waals surface area contributed by atoms with Crippen molar-refractivity contribution in [3.05, 3.63) is 18.2 Å². The van der Waals surface area contributed by atoms with E-state index in [1.165, 1.54) is 19.6 Å². The Morgan fingerprint density at radius 1 is 1.58 bits per heavy atom. The van der Waals surface area contributed by atoms with Crippen molar-refractivity contribution in [2.24, 2.45) is 4.99 Å². The van der Waals surface area contributed by atoms with E-state index < -0.39 is 0 Å². The van der Waals surface area contributed by atoms with Crippen LogP contribution in [0.2, 0.25) is 0 Å². The zero-order valence-electron chi connectivity index (χ0n) is 6.69. The fraction of sp³-hybridized carbons (Fsp3) is 0.125. The van der Waals surface area contributed by atoms with Crippen LogP contribution < -0.4 is 5.73 Å². The molecule has 0 heterocycles. The van der Waals surface area contributed by atoms with Gasteiger partial charge in [-0.15, -0.1) is 0 Å². The molecule has 0 fully saturated rings. The van der Waals surface area contributed by atoms with Crippen molar-refractivity contribution >= 4 is 17.8 Å². The Bertz CT molecular complexity index is 297. The number of aromatic hydroxyl groups is 1. The standard InChI is InChI=1S/C8H10N2O2/c1-12-5-10-6-2-3-7(9)8(11)4-6/h2-5,11H,9H2,1H3. The molecule has 0 saturated carbocycles. The topological polar surface area (TPSA) is 67.8 Å². The van der Waals surface area contributed by atoms with Crippen molar-refractivity contribution in [2.45, 2.75) is 0 Å². The van der Waals surface area contributed by atoms with Crippen molar-refractivity contribution in [2.75, 3.05) is 12.8 Å². The Kier molecular flexibility index (Phi) is 2.53. The fourth-order valence-electron chi connectivity index (χ4n) is 0.726. The largest absolute Gasteiger partial charge is 0.506 e. The van der Waals surface area contributed by atoms with E-state index >= 15 is 0 Å². The van der Waals surface area contributed by atoms with Crippen LogP contribution in [0.3, 0.4) is 0 Å². The summed E-state index contributed by atoms with van der Waals surface area (Å²) in [6.07, 6.45) is 1.28. The normalized spacial score (nSPS) is 10.4. The summed E-state index contributed by atoms with van der Waals surface area (Å²) in [5, 5.41) is 9.16. The Morgan fingerprint density at radius 3 is 2.92 bits per heavy atom. The second-order valence-corrected chi connectivity index (χ2v) is 2.21. The number of nitrogen functional groups attached to an aromatic ring is 1. The number of methoxy groups -OCH3 is 1. The van der Waals surface area contributed by atoms with Crippen molar-refractivity contribution in [3.8, 4) is 5.75 Å². The van der Waals surface area contributed by atoms with Crippen LogP contribution >= 0.6 is 0 Å². The lowest BCUT2D eigenvalue weighted by Gasteiger charge is -1.98. The van der Waals surface area contributed by atoms with Crippen LogP contribution in [0.5, 0.6) is 5.75 Å². The summed E-state index contributed by atoms with van der Waals surface area (Å²) in [7, 11) is 1.50. The van der Waals surface area contributed by atoms with Gasteiger partial charge in [-0.2, -0.15) is 0 Å². The zero-order valence-corrected chi connectivity index (χ0v) is 6.69. The highest BCUT2D eigenvalue weighted by Gasteiger charge is 1.95.